The molecule has 0 amide bonds. The Hall–Kier alpha value is 0.0500. The maximum atomic E-state index is 6.17. The minimum atomic E-state index is 0.689. The first kappa shape index (κ1) is 13.5. The van der Waals surface area contributed by atoms with E-state index in [2.05, 4.69) is 4.90 Å². The minimum absolute atomic E-state index is 0.689. The lowest BCUT2D eigenvalue weighted by Crippen LogP contribution is -2.33. The van der Waals surface area contributed by atoms with Gasteiger partial charge in [0.05, 0.1) is 0 Å². The van der Waals surface area contributed by atoms with E-state index in [0.29, 0.717) is 10.9 Å². The van der Waals surface area contributed by atoms with E-state index in [-0.39, 0.29) is 0 Å². The molecule has 2 rings (SSSR count). The first-order chi connectivity index (χ1) is 8.19. The quantitative estimate of drug-likeness (QED) is 0.744. The normalized spacial score (nSPS) is 18.5. The van der Waals surface area contributed by atoms with Crippen LogP contribution in [0.1, 0.15) is 18.4 Å². The summed E-state index contributed by atoms with van der Waals surface area (Å²) >= 11 is 17.9. The van der Waals surface area contributed by atoms with Crippen LogP contribution in [0.4, 0.5) is 0 Å². The zero-order valence-corrected chi connectivity index (χ0v) is 11.9. The van der Waals surface area contributed by atoms with Gasteiger partial charge >= 0.3 is 0 Å². The van der Waals surface area contributed by atoms with Crippen molar-refractivity contribution in [2.45, 2.75) is 19.4 Å². The summed E-state index contributed by atoms with van der Waals surface area (Å²) < 4.78 is 0. The van der Waals surface area contributed by atoms with Crippen molar-refractivity contribution in [1.29, 1.82) is 0 Å². The minimum Gasteiger partial charge on any atom is -0.299 e. The van der Waals surface area contributed by atoms with Crippen LogP contribution in [0.15, 0.2) is 18.2 Å². The third-order valence-electron chi connectivity index (χ3n) is 3.33. The molecule has 94 valence electrons. The van der Waals surface area contributed by atoms with Crippen LogP contribution < -0.4 is 0 Å². The molecule has 0 aliphatic carbocycles. The molecule has 1 heterocycles. The lowest BCUT2D eigenvalue weighted by atomic mass is 9.98. The predicted octanol–water partition coefficient (Wildman–Crippen LogP) is 4.44. The molecule has 0 spiro atoms. The molecule has 1 fully saturated rings. The summed E-state index contributed by atoms with van der Waals surface area (Å²) in [5.41, 5.74) is 1.15. The molecule has 1 aromatic rings. The van der Waals surface area contributed by atoms with Crippen LogP contribution in [0, 0.1) is 5.92 Å². The topological polar surface area (TPSA) is 3.24 Å². The van der Waals surface area contributed by atoms with Crippen LogP contribution in [-0.2, 0) is 6.54 Å². The van der Waals surface area contributed by atoms with Crippen molar-refractivity contribution < 1.29 is 0 Å². The summed E-state index contributed by atoms with van der Waals surface area (Å²) in [6.45, 7) is 3.12. The van der Waals surface area contributed by atoms with E-state index >= 15 is 0 Å². The van der Waals surface area contributed by atoms with Crippen molar-refractivity contribution in [2.24, 2.45) is 5.92 Å². The third kappa shape index (κ3) is 3.75. The van der Waals surface area contributed by atoms with Crippen molar-refractivity contribution in [1.82, 2.24) is 4.90 Å². The average Bonchev–Trinajstić information content (AvgIpc) is 2.34. The van der Waals surface area contributed by atoms with Crippen LogP contribution in [-0.4, -0.2) is 23.9 Å². The fourth-order valence-corrected chi connectivity index (χ4v) is 2.97. The summed E-state index contributed by atoms with van der Waals surface area (Å²) in [4.78, 5) is 2.43. The van der Waals surface area contributed by atoms with Crippen molar-refractivity contribution in [2.75, 3.05) is 19.0 Å². The van der Waals surface area contributed by atoms with E-state index in [1.54, 1.807) is 0 Å². The van der Waals surface area contributed by atoms with Gasteiger partial charge in [0.15, 0.2) is 0 Å². The molecule has 1 aliphatic heterocycles. The monoisotopic (exact) mass is 291 g/mol. The number of nitrogens with zero attached hydrogens (tertiary/aromatic N) is 1. The number of halogens is 3. The van der Waals surface area contributed by atoms with Gasteiger partial charge in [-0.2, -0.15) is 0 Å². The number of benzene rings is 1. The van der Waals surface area contributed by atoms with Crippen molar-refractivity contribution in [3.63, 3.8) is 0 Å². The first-order valence-electron chi connectivity index (χ1n) is 5.91. The largest absolute Gasteiger partial charge is 0.299 e. The Balaban J connectivity index is 1.93. The van der Waals surface area contributed by atoms with Gasteiger partial charge in [-0.1, -0.05) is 29.3 Å². The fourth-order valence-electron chi connectivity index (χ4n) is 2.19. The maximum absolute atomic E-state index is 6.17. The van der Waals surface area contributed by atoms with E-state index < -0.39 is 0 Å². The molecule has 17 heavy (non-hydrogen) atoms. The lowest BCUT2D eigenvalue weighted by molar-refractivity contribution is 0.186. The highest BCUT2D eigenvalue weighted by Gasteiger charge is 2.18. The smallest absolute Gasteiger partial charge is 0.0465 e. The van der Waals surface area contributed by atoms with Crippen molar-refractivity contribution in [3.8, 4) is 0 Å². The van der Waals surface area contributed by atoms with Crippen LogP contribution in [0.5, 0.6) is 0 Å². The van der Waals surface area contributed by atoms with Gasteiger partial charge < -0.3 is 0 Å². The standard InChI is InChI=1S/C13H16Cl3N/c14-8-10-3-5-17(6-4-10)9-11-1-2-12(15)7-13(11)16/h1-2,7,10H,3-6,8-9H2. The number of rotatable bonds is 3. The first-order valence-corrected chi connectivity index (χ1v) is 7.20. The average molecular weight is 293 g/mol. The highest BCUT2D eigenvalue weighted by atomic mass is 35.5. The summed E-state index contributed by atoms with van der Waals surface area (Å²) in [6.07, 6.45) is 2.38. The Morgan fingerprint density at radius 2 is 1.88 bits per heavy atom. The van der Waals surface area contributed by atoms with Gasteiger partial charge in [0, 0.05) is 22.5 Å². The molecule has 1 aliphatic rings. The molecule has 1 aromatic carbocycles. The Bertz CT molecular complexity index is 373. The number of piperidine rings is 1. The number of hydrogen-bond donors (Lipinski definition) is 0. The highest BCUT2D eigenvalue weighted by molar-refractivity contribution is 6.35. The van der Waals surface area contributed by atoms with Crippen LogP contribution in [0.25, 0.3) is 0 Å². The van der Waals surface area contributed by atoms with E-state index in [4.69, 9.17) is 34.8 Å². The van der Waals surface area contributed by atoms with Gasteiger partial charge in [-0.25, -0.2) is 0 Å². The SMILES string of the molecule is ClCC1CCN(Cc2ccc(Cl)cc2Cl)CC1. The van der Waals surface area contributed by atoms with Gasteiger partial charge in [-0.3, -0.25) is 4.90 Å². The Labute approximate surface area is 118 Å². The summed E-state index contributed by atoms with van der Waals surface area (Å²) in [6, 6.07) is 5.72. The second kappa shape index (κ2) is 6.29. The van der Waals surface area contributed by atoms with E-state index in [9.17, 15) is 0 Å². The molecule has 0 bridgehead atoms. The van der Waals surface area contributed by atoms with Gasteiger partial charge in [-0.05, 0) is 49.5 Å². The van der Waals surface area contributed by atoms with Crippen molar-refractivity contribution >= 4 is 34.8 Å². The molecule has 1 nitrogen and oxygen atoms in total. The highest BCUT2D eigenvalue weighted by Crippen LogP contribution is 2.25. The maximum Gasteiger partial charge on any atom is 0.0465 e. The number of likely N-dealkylation sites (tertiary alicyclic amines) is 1. The van der Waals surface area contributed by atoms with Gasteiger partial charge in [-0.15, -0.1) is 11.6 Å². The van der Waals surface area contributed by atoms with Gasteiger partial charge in [0.1, 0.15) is 0 Å². The molecule has 0 saturated carbocycles. The Morgan fingerprint density at radius 3 is 2.47 bits per heavy atom. The van der Waals surface area contributed by atoms with E-state index in [1.165, 1.54) is 12.8 Å². The van der Waals surface area contributed by atoms with Crippen LogP contribution >= 0.6 is 34.8 Å². The summed E-state index contributed by atoms with van der Waals surface area (Å²) in [5.74, 6) is 1.48. The number of hydrogen-bond acceptors (Lipinski definition) is 1. The molecule has 0 atom stereocenters. The molecular weight excluding hydrogens is 277 g/mol. The second-order valence-corrected chi connectivity index (χ2v) is 5.76. The van der Waals surface area contributed by atoms with Crippen molar-refractivity contribution in [3.05, 3.63) is 33.8 Å². The van der Waals surface area contributed by atoms with Crippen LogP contribution in [0.2, 0.25) is 10.0 Å². The second-order valence-electron chi connectivity index (χ2n) is 4.61. The van der Waals surface area contributed by atoms with E-state index in [0.717, 1.165) is 36.1 Å². The zero-order valence-electron chi connectivity index (χ0n) is 9.63. The Morgan fingerprint density at radius 1 is 1.18 bits per heavy atom. The fraction of sp³-hybridized carbons (Fsp3) is 0.538. The Kier molecular flexibility index (Phi) is 4.98. The summed E-state index contributed by atoms with van der Waals surface area (Å²) in [7, 11) is 0. The lowest BCUT2D eigenvalue weighted by Gasteiger charge is -2.31. The third-order valence-corrected chi connectivity index (χ3v) is 4.36. The molecule has 0 N–H and O–H groups in total. The van der Waals surface area contributed by atoms with Gasteiger partial charge in [0.2, 0.25) is 0 Å². The predicted molar refractivity (Wildman–Crippen MR) is 75.2 cm³/mol. The van der Waals surface area contributed by atoms with Crippen LogP contribution in [0.3, 0.4) is 0 Å². The zero-order chi connectivity index (χ0) is 12.3. The van der Waals surface area contributed by atoms with Gasteiger partial charge in [0.25, 0.3) is 0 Å². The molecule has 0 aromatic heterocycles. The molecule has 0 radical (unpaired) electrons. The molecule has 4 heteroatoms. The summed E-state index contributed by atoms with van der Waals surface area (Å²) in [5, 5.41) is 1.46. The molecule has 0 unspecified atom stereocenters. The van der Waals surface area contributed by atoms with E-state index in [1.807, 2.05) is 18.2 Å². The number of alkyl halides is 1. The molecule has 1 saturated heterocycles. The molecular formula is C13H16Cl3N.